The van der Waals surface area contributed by atoms with Crippen molar-refractivity contribution in [2.75, 3.05) is 0 Å². The van der Waals surface area contributed by atoms with E-state index in [1.165, 1.54) is 12.1 Å². The molecule has 0 atom stereocenters. The van der Waals surface area contributed by atoms with E-state index in [0.717, 1.165) is 10.9 Å². The van der Waals surface area contributed by atoms with Crippen LogP contribution in [0.2, 0.25) is 0 Å². The zero-order valence-corrected chi connectivity index (χ0v) is 10.5. The Bertz CT molecular complexity index is 535. The lowest BCUT2D eigenvalue weighted by Gasteiger charge is -2.02. The molecule has 0 saturated heterocycles. The van der Waals surface area contributed by atoms with Gasteiger partial charge >= 0.3 is 0 Å². The molecule has 1 heterocycles. The Kier molecular flexibility index (Phi) is 4.20. The molecule has 0 spiro atoms. The number of aryl methyl sites for hydroxylation is 1. The normalized spacial score (nSPS) is 10.6. The Morgan fingerprint density at radius 2 is 2.06 bits per heavy atom. The summed E-state index contributed by atoms with van der Waals surface area (Å²) in [7, 11) is 0. The second kappa shape index (κ2) is 5.87. The van der Waals surface area contributed by atoms with Gasteiger partial charge in [0.1, 0.15) is 17.4 Å². The summed E-state index contributed by atoms with van der Waals surface area (Å²) in [6, 6.07) is 7.21. The summed E-state index contributed by atoms with van der Waals surface area (Å²) in [4.78, 5) is 12.8. The summed E-state index contributed by atoms with van der Waals surface area (Å²) in [6.07, 6.45) is 1.09. The number of thiophene rings is 1. The number of ketones is 1. The fraction of sp³-hybridized carbons (Fsp3) is 0.214. The predicted molar refractivity (Wildman–Crippen MR) is 67.7 cm³/mol. The first-order valence-corrected chi connectivity index (χ1v) is 6.51. The summed E-state index contributed by atoms with van der Waals surface area (Å²) >= 11 is 1.60. The highest BCUT2D eigenvalue weighted by Crippen LogP contribution is 2.14. The van der Waals surface area contributed by atoms with Crippen LogP contribution in [-0.4, -0.2) is 5.78 Å². The number of Topliss-reactive ketones (excluding diaryl/α,β-unsaturated/α-hetero) is 1. The van der Waals surface area contributed by atoms with Gasteiger partial charge in [0.15, 0.2) is 0 Å². The van der Waals surface area contributed by atoms with E-state index in [1.807, 2.05) is 17.5 Å². The Labute approximate surface area is 108 Å². The minimum absolute atomic E-state index is 0.0253. The van der Waals surface area contributed by atoms with Crippen molar-refractivity contribution in [1.82, 2.24) is 0 Å². The molecule has 4 heteroatoms. The molecule has 94 valence electrons. The van der Waals surface area contributed by atoms with Crippen LogP contribution in [0.15, 0.2) is 35.7 Å². The Hall–Kier alpha value is -1.55. The number of hydrogen-bond donors (Lipinski definition) is 0. The largest absolute Gasteiger partial charge is 0.299 e. The summed E-state index contributed by atoms with van der Waals surface area (Å²) in [6.45, 7) is 0. The number of rotatable bonds is 5. The topological polar surface area (TPSA) is 17.1 Å². The number of halogens is 2. The van der Waals surface area contributed by atoms with Gasteiger partial charge in [-0.2, -0.15) is 0 Å². The van der Waals surface area contributed by atoms with Gasteiger partial charge in [-0.1, -0.05) is 12.1 Å². The van der Waals surface area contributed by atoms with Gasteiger partial charge in [0.25, 0.3) is 0 Å². The molecule has 18 heavy (non-hydrogen) atoms. The number of carbonyl (C=O) groups is 1. The average Bonchev–Trinajstić information content (AvgIpc) is 2.83. The molecule has 0 radical (unpaired) electrons. The van der Waals surface area contributed by atoms with E-state index in [-0.39, 0.29) is 17.8 Å². The van der Waals surface area contributed by atoms with E-state index < -0.39 is 11.6 Å². The summed E-state index contributed by atoms with van der Waals surface area (Å²) < 4.78 is 26.0. The molecule has 0 N–H and O–H groups in total. The second-order valence-corrected chi connectivity index (χ2v) is 5.06. The minimum atomic E-state index is -0.653. The average molecular weight is 266 g/mol. The number of carbonyl (C=O) groups excluding carboxylic acids is 1. The maximum atomic E-state index is 13.3. The maximum absolute atomic E-state index is 13.3. The van der Waals surface area contributed by atoms with Crippen LogP contribution >= 0.6 is 11.3 Å². The van der Waals surface area contributed by atoms with Crippen molar-refractivity contribution in [2.45, 2.75) is 19.3 Å². The second-order valence-electron chi connectivity index (χ2n) is 4.03. The maximum Gasteiger partial charge on any atom is 0.137 e. The molecular weight excluding hydrogens is 254 g/mol. The van der Waals surface area contributed by atoms with Gasteiger partial charge in [-0.05, 0) is 29.5 Å². The smallest absolute Gasteiger partial charge is 0.137 e. The highest BCUT2D eigenvalue weighted by molar-refractivity contribution is 7.09. The fourth-order valence-corrected chi connectivity index (χ4v) is 2.39. The first-order valence-electron chi connectivity index (χ1n) is 5.63. The van der Waals surface area contributed by atoms with Crippen molar-refractivity contribution in [3.8, 4) is 0 Å². The zero-order chi connectivity index (χ0) is 13.0. The van der Waals surface area contributed by atoms with Crippen molar-refractivity contribution in [1.29, 1.82) is 0 Å². The molecule has 1 aromatic carbocycles. The summed E-state index contributed by atoms with van der Waals surface area (Å²) in [5.41, 5.74) is 0.257. The minimum Gasteiger partial charge on any atom is -0.299 e. The molecule has 0 aliphatic rings. The van der Waals surface area contributed by atoms with Gasteiger partial charge in [-0.25, -0.2) is 8.78 Å². The Balaban J connectivity index is 1.91. The molecule has 0 aliphatic heterocycles. The highest BCUT2D eigenvalue weighted by Gasteiger charge is 2.09. The lowest BCUT2D eigenvalue weighted by atomic mass is 10.0. The summed E-state index contributed by atoms with van der Waals surface area (Å²) in [5, 5.41) is 1.96. The van der Waals surface area contributed by atoms with Gasteiger partial charge in [0, 0.05) is 23.8 Å². The quantitative estimate of drug-likeness (QED) is 0.805. The van der Waals surface area contributed by atoms with Gasteiger partial charge < -0.3 is 0 Å². The first kappa shape index (κ1) is 12.9. The van der Waals surface area contributed by atoms with Crippen LogP contribution in [0.4, 0.5) is 8.78 Å². The van der Waals surface area contributed by atoms with E-state index in [0.29, 0.717) is 12.8 Å². The molecule has 0 bridgehead atoms. The van der Waals surface area contributed by atoms with E-state index >= 15 is 0 Å². The van der Waals surface area contributed by atoms with Gasteiger partial charge in [-0.15, -0.1) is 11.3 Å². The van der Waals surface area contributed by atoms with Crippen LogP contribution in [0.5, 0.6) is 0 Å². The van der Waals surface area contributed by atoms with Crippen LogP contribution in [0, 0.1) is 11.6 Å². The van der Waals surface area contributed by atoms with Gasteiger partial charge in [-0.3, -0.25) is 4.79 Å². The third-order valence-corrected chi connectivity index (χ3v) is 3.57. The first-order chi connectivity index (χ1) is 8.65. The van der Waals surface area contributed by atoms with E-state index in [4.69, 9.17) is 0 Å². The van der Waals surface area contributed by atoms with Crippen LogP contribution < -0.4 is 0 Å². The highest BCUT2D eigenvalue weighted by atomic mass is 32.1. The SMILES string of the molecule is O=C(CCc1cccs1)Cc1ccc(F)cc1F. The van der Waals surface area contributed by atoms with E-state index in [2.05, 4.69) is 0 Å². The van der Waals surface area contributed by atoms with Crippen molar-refractivity contribution >= 4 is 17.1 Å². The lowest BCUT2D eigenvalue weighted by molar-refractivity contribution is -0.118. The summed E-state index contributed by atoms with van der Waals surface area (Å²) in [5.74, 6) is -1.31. The lowest BCUT2D eigenvalue weighted by Crippen LogP contribution is -2.05. The molecule has 0 fully saturated rings. The number of benzene rings is 1. The van der Waals surface area contributed by atoms with Crippen molar-refractivity contribution in [2.24, 2.45) is 0 Å². The third kappa shape index (κ3) is 3.47. The van der Waals surface area contributed by atoms with Crippen molar-refractivity contribution in [3.05, 3.63) is 57.8 Å². The molecule has 0 amide bonds. The molecule has 0 unspecified atom stereocenters. The molecule has 1 aromatic heterocycles. The molecule has 0 aliphatic carbocycles. The van der Waals surface area contributed by atoms with Crippen molar-refractivity contribution < 1.29 is 13.6 Å². The van der Waals surface area contributed by atoms with Gasteiger partial charge in [0.05, 0.1) is 0 Å². The molecule has 0 saturated carbocycles. The zero-order valence-electron chi connectivity index (χ0n) is 9.66. The van der Waals surface area contributed by atoms with Crippen LogP contribution in [0.25, 0.3) is 0 Å². The Morgan fingerprint density at radius 3 is 2.72 bits per heavy atom. The molecule has 2 rings (SSSR count). The van der Waals surface area contributed by atoms with E-state index in [1.54, 1.807) is 11.3 Å². The number of hydrogen-bond acceptors (Lipinski definition) is 2. The van der Waals surface area contributed by atoms with E-state index in [9.17, 15) is 13.6 Å². The molecular formula is C14H12F2OS. The van der Waals surface area contributed by atoms with Crippen molar-refractivity contribution in [3.63, 3.8) is 0 Å². The van der Waals surface area contributed by atoms with Crippen LogP contribution in [-0.2, 0) is 17.6 Å². The standard InChI is InChI=1S/C14H12F2OS/c15-11-4-3-10(14(16)9-11)8-12(17)5-6-13-2-1-7-18-13/h1-4,7,9H,5-6,8H2. The third-order valence-electron chi connectivity index (χ3n) is 2.63. The molecule has 2 aromatic rings. The Morgan fingerprint density at radius 1 is 1.22 bits per heavy atom. The fourth-order valence-electron chi connectivity index (χ4n) is 1.68. The molecule has 1 nitrogen and oxygen atoms in total. The van der Waals surface area contributed by atoms with Gasteiger partial charge in [0.2, 0.25) is 0 Å². The van der Waals surface area contributed by atoms with Crippen LogP contribution in [0.1, 0.15) is 16.9 Å². The monoisotopic (exact) mass is 266 g/mol. The predicted octanol–water partition coefficient (Wildman–Crippen LogP) is 3.77. The van der Waals surface area contributed by atoms with Crippen LogP contribution in [0.3, 0.4) is 0 Å².